The van der Waals surface area contributed by atoms with E-state index in [1.807, 2.05) is 31.2 Å². The second-order valence-electron chi connectivity index (χ2n) is 4.86. The number of aryl methyl sites for hydroxylation is 1. The topological polar surface area (TPSA) is 21.3 Å². The zero-order valence-electron chi connectivity index (χ0n) is 10.8. The summed E-state index contributed by atoms with van der Waals surface area (Å²) < 4.78 is 19.5. The quantitative estimate of drug-likeness (QED) is 0.908. The third kappa shape index (κ3) is 2.41. The number of hydrogen-bond acceptors (Lipinski definition) is 2. The Balaban J connectivity index is 1.66. The van der Waals surface area contributed by atoms with Crippen LogP contribution in [0.1, 0.15) is 11.1 Å². The lowest BCUT2D eigenvalue weighted by Gasteiger charge is -2.15. The van der Waals surface area contributed by atoms with Gasteiger partial charge < -0.3 is 10.1 Å². The second kappa shape index (κ2) is 4.92. The van der Waals surface area contributed by atoms with Gasteiger partial charge >= 0.3 is 0 Å². The van der Waals surface area contributed by atoms with Gasteiger partial charge in [-0.1, -0.05) is 30.3 Å². The number of anilines is 1. The van der Waals surface area contributed by atoms with Crippen molar-refractivity contribution in [3.63, 3.8) is 0 Å². The number of ether oxygens (including phenoxy) is 1. The van der Waals surface area contributed by atoms with E-state index in [0.717, 1.165) is 17.7 Å². The van der Waals surface area contributed by atoms with E-state index >= 15 is 0 Å². The van der Waals surface area contributed by atoms with Crippen molar-refractivity contribution in [3.05, 3.63) is 59.4 Å². The first-order valence-corrected chi connectivity index (χ1v) is 6.47. The van der Waals surface area contributed by atoms with Crippen LogP contribution in [0.15, 0.2) is 42.5 Å². The molecule has 1 unspecified atom stereocenters. The monoisotopic (exact) mass is 257 g/mol. The predicted molar refractivity (Wildman–Crippen MR) is 74.2 cm³/mol. The van der Waals surface area contributed by atoms with E-state index in [4.69, 9.17) is 4.74 Å². The summed E-state index contributed by atoms with van der Waals surface area (Å²) in [4.78, 5) is 0. The Hall–Kier alpha value is -2.03. The van der Waals surface area contributed by atoms with Crippen LogP contribution in [0.5, 0.6) is 5.75 Å². The van der Waals surface area contributed by atoms with Gasteiger partial charge in [0.25, 0.3) is 0 Å². The molecular formula is C16H16FNO. The molecule has 0 bridgehead atoms. The summed E-state index contributed by atoms with van der Waals surface area (Å²) in [5.74, 6) is 0.732. The molecule has 0 amide bonds. The Bertz CT molecular complexity index is 552. The molecule has 1 atom stereocenters. The summed E-state index contributed by atoms with van der Waals surface area (Å²) in [6.45, 7) is 2.51. The summed E-state index contributed by atoms with van der Waals surface area (Å²) in [5, 5.41) is 3.16. The van der Waals surface area contributed by atoms with Crippen LogP contribution in [0.2, 0.25) is 0 Å². The van der Waals surface area contributed by atoms with Crippen molar-refractivity contribution in [1.82, 2.24) is 0 Å². The third-order valence-corrected chi connectivity index (χ3v) is 3.44. The molecule has 3 heteroatoms. The zero-order chi connectivity index (χ0) is 13.2. The van der Waals surface area contributed by atoms with Gasteiger partial charge in [0.15, 0.2) is 0 Å². The molecule has 0 saturated heterocycles. The number of benzene rings is 2. The molecule has 3 rings (SSSR count). The molecule has 19 heavy (non-hydrogen) atoms. The van der Waals surface area contributed by atoms with Crippen molar-refractivity contribution < 1.29 is 9.13 Å². The van der Waals surface area contributed by atoms with Crippen LogP contribution in [-0.2, 0) is 6.42 Å². The lowest BCUT2D eigenvalue weighted by atomic mass is 10.1. The normalized spacial score (nSPS) is 16.8. The van der Waals surface area contributed by atoms with E-state index in [1.165, 1.54) is 11.6 Å². The molecule has 0 aliphatic carbocycles. The van der Waals surface area contributed by atoms with Gasteiger partial charge in [0.2, 0.25) is 0 Å². The zero-order valence-corrected chi connectivity index (χ0v) is 10.8. The maximum atomic E-state index is 13.7. The first-order valence-electron chi connectivity index (χ1n) is 6.47. The molecule has 0 spiro atoms. The van der Waals surface area contributed by atoms with Crippen molar-refractivity contribution in [2.45, 2.75) is 19.4 Å². The molecule has 1 heterocycles. The van der Waals surface area contributed by atoms with Crippen molar-refractivity contribution in [3.8, 4) is 5.75 Å². The van der Waals surface area contributed by atoms with Crippen molar-refractivity contribution >= 4 is 5.69 Å². The van der Waals surface area contributed by atoms with E-state index in [-0.39, 0.29) is 11.9 Å². The highest BCUT2D eigenvalue weighted by atomic mass is 19.1. The fourth-order valence-corrected chi connectivity index (χ4v) is 2.44. The number of rotatable bonds is 3. The Labute approximate surface area is 112 Å². The molecule has 0 fully saturated rings. The van der Waals surface area contributed by atoms with Gasteiger partial charge in [-0.05, 0) is 30.2 Å². The summed E-state index contributed by atoms with van der Waals surface area (Å²) in [7, 11) is 0. The molecule has 0 radical (unpaired) electrons. The van der Waals surface area contributed by atoms with Crippen LogP contribution < -0.4 is 10.1 Å². The highest BCUT2D eigenvalue weighted by Crippen LogP contribution is 2.28. The van der Waals surface area contributed by atoms with E-state index in [0.29, 0.717) is 12.2 Å². The van der Waals surface area contributed by atoms with E-state index < -0.39 is 0 Å². The van der Waals surface area contributed by atoms with Crippen molar-refractivity contribution in [2.75, 3.05) is 11.9 Å². The van der Waals surface area contributed by atoms with Crippen molar-refractivity contribution in [1.29, 1.82) is 0 Å². The van der Waals surface area contributed by atoms with Gasteiger partial charge in [-0.25, -0.2) is 4.39 Å². The Morgan fingerprint density at radius 3 is 2.84 bits per heavy atom. The fourth-order valence-electron chi connectivity index (χ4n) is 2.44. The first kappa shape index (κ1) is 12.0. The summed E-state index contributed by atoms with van der Waals surface area (Å²) >= 11 is 0. The average Bonchev–Trinajstić information content (AvgIpc) is 2.81. The molecule has 2 aromatic rings. The molecule has 1 N–H and O–H groups in total. The minimum absolute atomic E-state index is 0.0661. The van der Waals surface area contributed by atoms with Crippen LogP contribution in [0, 0.1) is 12.7 Å². The fraction of sp³-hybridized carbons (Fsp3) is 0.250. The highest BCUT2D eigenvalue weighted by Gasteiger charge is 2.22. The molecule has 2 nitrogen and oxygen atoms in total. The highest BCUT2D eigenvalue weighted by molar-refractivity contribution is 5.52. The van der Waals surface area contributed by atoms with Crippen LogP contribution in [0.25, 0.3) is 0 Å². The van der Waals surface area contributed by atoms with Gasteiger partial charge in [0.05, 0.1) is 12.2 Å². The van der Waals surface area contributed by atoms with Crippen LogP contribution in [0.3, 0.4) is 0 Å². The minimum Gasteiger partial charge on any atom is -0.488 e. The molecule has 1 aliphatic heterocycles. The molecule has 0 aromatic heterocycles. The Kier molecular flexibility index (Phi) is 3.11. The standard InChI is InChI=1S/C16H16FNO/c1-11-5-4-7-14(17)16(11)18-10-13-9-12-6-2-3-8-15(12)19-13/h2-8,13,18H,9-10H2,1H3. The van der Waals surface area contributed by atoms with E-state index in [2.05, 4.69) is 11.4 Å². The van der Waals surface area contributed by atoms with Gasteiger partial charge in [0, 0.05) is 6.42 Å². The van der Waals surface area contributed by atoms with Gasteiger partial charge in [0.1, 0.15) is 17.7 Å². The summed E-state index contributed by atoms with van der Waals surface area (Å²) in [6, 6.07) is 13.1. The van der Waals surface area contributed by atoms with Crippen LogP contribution in [-0.4, -0.2) is 12.6 Å². The molecule has 2 aromatic carbocycles. The number of halogens is 1. The van der Waals surface area contributed by atoms with Crippen LogP contribution in [0.4, 0.5) is 10.1 Å². The SMILES string of the molecule is Cc1cccc(F)c1NCC1Cc2ccccc2O1. The second-order valence-corrected chi connectivity index (χ2v) is 4.86. The lowest BCUT2D eigenvalue weighted by Crippen LogP contribution is -2.24. The maximum Gasteiger partial charge on any atom is 0.146 e. The maximum absolute atomic E-state index is 13.7. The Morgan fingerprint density at radius 2 is 2.05 bits per heavy atom. The summed E-state index contributed by atoms with van der Waals surface area (Å²) in [6.07, 6.45) is 0.938. The number of fused-ring (bicyclic) bond motifs is 1. The van der Waals surface area contributed by atoms with E-state index in [9.17, 15) is 4.39 Å². The predicted octanol–water partition coefficient (Wildman–Crippen LogP) is 3.55. The van der Waals surface area contributed by atoms with Crippen LogP contribution >= 0.6 is 0 Å². The lowest BCUT2D eigenvalue weighted by molar-refractivity contribution is 0.246. The number of nitrogens with one attached hydrogen (secondary N) is 1. The Morgan fingerprint density at radius 1 is 1.21 bits per heavy atom. The molecule has 98 valence electrons. The molecule has 1 aliphatic rings. The van der Waals surface area contributed by atoms with Gasteiger partial charge in [-0.15, -0.1) is 0 Å². The van der Waals surface area contributed by atoms with E-state index in [1.54, 1.807) is 6.07 Å². The third-order valence-electron chi connectivity index (χ3n) is 3.44. The smallest absolute Gasteiger partial charge is 0.146 e. The van der Waals surface area contributed by atoms with Crippen molar-refractivity contribution in [2.24, 2.45) is 0 Å². The minimum atomic E-state index is -0.212. The van der Waals surface area contributed by atoms with Gasteiger partial charge in [-0.3, -0.25) is 0 Å². The number of hydrogen-bond donors (Lipinski definition) is 1. The largest absolute Gasteiger partial charge is 0.488 e. The number of para-hydroxylation sites is 2. The van der Waals surface area contributed by atoms with Gasteiger partial charge in [-0.2, -0.15) is 0 Å². The molecule has 0 saturated carbocycles. The summed E-state index contributed by atoms with van der Waals surface area (Å²) in [5.41, 5.74) is 2.71. The first-order chi connectivity index (χ1) is 9.24. The average molecular weight is 257 g/mol. The molecular weight excluding hydrogens is 241 g/mol.